The van der Waals surface area contributed by atoms with Crippen molar-refractivity contribution in [3.05, 3.63) is 0 Å². The molecule has 1 aliphatic heterocycles. The van der Waals surface area contributed by atoms with Gasteiger partial charge < -0.3 is 10.4 Å². The summed E-state index contributed by atoms with van der Waals surface area (Å²) < 4.78 is 0. The lowest BCUT2D eigenvalue weighted by Crippen LogP contribution is -2.48. The fourth-order valence-corrected chi connectivity index (χ4v) is 4.42. The number of aliphatic hydroxyl groups excluding tert-OH is 1. The maximum absolute atomic E-state index is 12.6. The van der Waals surface area contributed by atoms with Crippen LogP contribution in [-0.4, -0.2) is 47.2 Å². The Labute approximate surface area is 128 Å². The lowest BCUT2D eigenvalue weighted by Gasteiger charge is -2.29. The van der Waals surface area contributed by atoms with Gasteiger partial charge in [0, 0.05) is 19.1 Å². The number of likely N-dealkylation sites (tertiary alicyclic amines) is 1. The Bertz CT molecular complexity index is 349. The second-order valence-electron chi connectivity index (χ2n) is 7.35. The predicted molar refractivity (Wildman–Crippen MR) is 83.0 cm³/mol. The molecule has 120 valence electrons. The Kier molecular flexibility index (Phi) is 5.17. The first-order chi connectivity index (χ1) is 10.2. The molecule has 21 heavy (non-hydrogen) atoms. The maximum Gasteiger partial charge on any atom is 0.237 e. The number of nitrogens with zero attached hydrogens (tertiary/aromatic N) is 1. The standard InChI is InChI=1S/C17H30N2O2/c20-15-10-16(17(21)18-14-8-2-1-3-9-14)19(12-15)11-13-6-4-5-7-13/h13-16,20H,1-12H2,(H,18,21)/t15-,16-/m1/s1. The van der Waals surface area contributed by atoms with Crippen LogP contribution in [0.1, 0.15) is 64.2 Å². The summed E-state index contributed by atoms with van der Waals surface area (Å²) >= 11 is 0. The molecule has 2 N–H and O–H groups in total. The number of amides is 1. The molecule has 3 aliphatic rings. The van der Waals surface area contributed by atoms with Gasteiger partial charge in [-0.1, -0.05) is 32.1 Å². The zero-order valence-electron chi connectivity index (χ0n) is 13.1. The minimum atomic E-state index is -0.325. The number of hydrogen-bond acceptors (Lipinski definition) is 3. The van der Waals surface area contributed by atoms with Crippen LogP contribution in [0.2, 0.25) is 0 Å². The fourth-order valence-electron chi connectivity index (χ4n) is 4.42. The monoisotopic (exact) mass is 294 g/mol. The third-order valence-electron chi connectivity index (χ3n) is 5.60. The minimum absolute atomic E-state index is 0.0949. The number of rotatable bonds is 4. The van der Waals surface area contributed by atoms with Gasteiger partial charge in [-0.3, -0.25) is 9.69 Å². The summed E-state index contributed by atoms with van der Waals surface area (Å²) in [6, 6.07) is 0.278. The van der Waals surface area contributed by atoms with Crippen LogP contribution in [0.25, 0.3) is 0 Å². The lowest BCUT2D eigenvalue weighted by atomic mass is 9.95. The number of nitrogens with one attached hydrogen (secondary N) is 1. The van der Waals surface area contributed by atoms with Gasteiger partial charge in [-0.15, -0.1) is 0 Å². The molecule has 0 aromatic rings. The van der Waals surface area contributed by atoms with Crippen molar-refractivity contribution in [3.8, 4) is 0 Å². The normalized spacial score (nSPS) is 32.6. The first kappa shape index (κ1) is 15.3. The van der Waals surface area contributed by atoms with Crippen LogP contribution in [0, 0.1) is 5.92 Å². The number of carbonyl (C=O) groups excluding carboxylic acids is 1. The van der Waals surface area contributed by atoms with Crippen LogP contribution in [0.3, 0.4) is 0 Å². The first-order valence-corrected chi connectivity index (χ1v) is 8.95. The van der Waals surface area contributed by atoms with E-state index in [0.29, 0.717) is 19.0 Å². The van der Waals surface area contributed by atoms with E-state index < -0.39 is 0 Å². The average molecular weight is 294 g/mol. The third-order valence-corrected chi connectivity index (χ3v) is 5.60. The Balaban J connectivity index is 1.54. The second-order valence-corrected chi connectivity index (χ2v) is 7.35. The van der Waals surface area contributed by atoms with Crippen molar-refractivity contribution in [1.82, 2.24) is 10.2 Å². The Morgan fingerprint density at radius 3 is 2.43 bits per heavy atom. The van der Waals surface area contributed by atoms with Crippen LogP contribution in [-0.2, 0) is 4.79 Å². The molecule has 4 nitrogen and oxygen atoms in total. The van der Waals surface area contributed by atoms with Crippen LogP contribution in [0.5, 0.6) is 0 Å². The zero-order valence-corrected chi connectivity index (χ0v) is 13.1. The van der Waals surface area contributed by atoms with Gasteiger partial charge in [0.25, 0.3) is 0 Å². The summed E-state index contributed by atoms with van der Waals surface area (Å²) in [5.74, 6) is 0.900. The molecule has 0 radical (unpaired) electrons. The Morgan fingerprint density at radius 2 is 1.71 bits per heavy atom. The van der Waals surface area contributed by atoms with Gasteiger partial charge >= 0.3 is 0 Å². The van der Waals surface area contributed by atoms with Crippen LogP contribution >= 0.6 is 0 Å². The van der Waals surface area contributed by atoms with E-state index in [1.807, 2.05) is 0 Å². The van der Waals surface area contributed by atoms with Crippen molar-refractivity contribution in [2.24, 2.45) is 5.92 Å². The SMILES string of the molecule is O=C(NC1CCCCC1)[C@H]1C[C@@H](O)CN1CC1CCCC1. The van der Waals surface area contributed by atoms with Gasteiger partial charge in [-0.25, -0.2) is 0 Å². The summed E-state index contributed by atoms with van der Waals surface area (Å²) in [6.45, 7) is 1.68. The number of aliphatic hydroxyl groups is 1. The molecule has 4 heteroatoms. The van der Waals surface area contributed by atoms with Gasteiger partial charge in [0.15, 0.2) is 0 Å². The van der Waals surface area contributed by atoms with Crippen LogP contribution in [0.15, 0.2) is 0 Å². The van der Waals surface area contributed by atoms with E-state index in [-0.39, 0.29) is 18.1 Å². The molecule has 2 aliphatic carbocycles. The van der Waals surface area contributed by atoms with Gasteiger partial charge in [0.1, 0.15) is 0 Å². The molecule has 0 unspecified atom stereocenters. The van der Waals surface area contributed by atoms with Crippen molar-refractivity contribution in [3.63, 3.8) is 0 Å². The number of carbonyl (C=O) groups is 1. The Hall–Kier alpha value is -0.610. The first-order valence-electron chi connectivity index (χ1n) is 8.95. The zero-order chi connectivity index (χ0) is 14.7. The summed E-state index contributed by atoms with van der Waals surface area (Å²) in [6.07, 6.45) is 11.6. The molecule has 2 atom stereocenters. The summed E-state index contributed by atoms with van der Waals surface area (Å²) in [5.41, 5.74) is 0. The number of β-amino-alcohol motifs (C(OH)–C–C–N with tert-alkyl or cyclic N) is 1. The molecule has 3 rings (SSSR count). The largest absolute Gasteiger partial charge is 0.392 e. The average Bonchev–Trinajstić information content (AvgIpc) is 3.10. The summed E-state index contributed by atoms with van der Waals surface area (Å²) in [7, 11) is 0. The molecule has 1 heterocycles. The highest BCUT2D eigenvalue weighted by atomic mass is 16.3. The van der Waals surface area contributed by atoms with Gasteiger partial charge in [0.05, 0.1) is 12.1 Å². The Morgan fingerprint density at radius 1 is 1.05 bits per heavy atom. The molecular weight excluding hydrogens is 264 g/mol. The highest BCUT2D eigenvalue weighted by molar-refractivity contribution is 5.82. The molecule has 3 fully saturated rings. The van der Waals surface area contributed by atoms with E-state index in [0.717, 1.165) is 25.3 Å². The van der Waals surface area contributed by atoms with Gasteiger partial charge in [-0.2, -0.15) is 0 Å². The van der Waals surface area contributed by atoms with Gasteiger partial charge in [0.2, 0.25) is 5.91 Å². The quantitative estimate of drug-likeness (QED) is 0.834. The van der Waals surface area contributed by atoms with E-state index in [1.54, 1.807) is 0 Å². The highest BCUT2D eigenvalue weighted by Crippen LogP contribution is 2.29. The summed E-state index contributed by atoms with van der Waals surface area (Å²) in [5, 5.41) is 13.2. The molecule has 0 spiro atoms. The molecule has 0 aromatic carbocycles. The van der Waals surface area contributed by atoms with Crippen molar-refractivity contribution in [1.29, 1.82) is 0 Å². The van der Waals surface area contributed by atoms with Crippen molar-refractivity contribution in [2.45, 2.75) is 82.4 Å². The number of hydrogen-bond donors (Lipinski definition) is 2. The fraction of sp³-hybridized carbons (Fsp3) is 0.941. The second kappa shape index (κ2) is 7.10. The van der Waals surface area contributed by atoms with Gasteiger partial charge in [-0.05, 0) is 38.0 Å². The maximum atomic E-state index is 12.6. The van der Waals surface area contributed by atoms with Crippen LogP contribution < -0.4 is 5.32 Å². The predicted octanol–water partition coefficient (Wildman–Crippen LogP) is 2.06. The topological polar surface area (TPSA) is 52.6 Å². The minimum Gasteiger partial charge on any atom is -0.392 e. The molecule has 1 amide bonds. The van der Waals surface area contributed by atoms with E-state index in [4.69, 9.17) is 0 Å². The van der Waals surface area contributed by atoms with E-state index in [1.165, 1.54) is 44.9 Å². The van der Waals surface area contributed by atoms with Crippen molar-refractivity contribution >= 4 is 5.91 Å². The smallest absolute Gasteiger partial charge is 0.237 e. The van der Waals surface area contributed by atoms with Crippen molar-refractivity contribution in [2.75, 3.05) is 13.1 Å². The van der Waals surface area contributed by atoms with Crippen LogP contribution in [0.4, 0.5) is 0 Å². The van der Waals surface area contributed by atoms with E-state index >= 15 is 0 Å². The highest BCUT2D eigenvalue weighted by Gasteiger charge is 2.37. The summed E-state index contributed by atoms with van der Waals surface area (Å²) in [4.78, 5) is 14.8. The molecule has 1 saturated heterocycles. The lowest BCUT2D eigenvalue weighted by molar-refractivity contribution is -0.126. The molecule has 0 aromatic heterocycles. The molecule has 2 saturated carbocycles. The molecule has 0 bridgehead atoms. The van der Waals surface area contributed by atoms with Crippen molar-refractivity contribution < 1.29 is 9.90 Å². The van der Waals surface area contributed by atoms with E-state index in [2.05, 4.69) is 10.2 Å². The van der Waals surface area contributed by atoms with E-state index in [9.17, 15) is 9.90 Å². The third kappa shape index (κ3) is 3.98. The molecular formula is C17H30N2O2.